The average Bonchev–Trinajstić information content (AvgIpc) is 2.53. The third kappa shape index (κ3) is 4.46. The average molecular weight is 281 g/mol. The van der Waals surface area contributed by atoms with E-state index in [0.29, 0.717) is 6.04 Å². The zero-order chi connectivity index (χ0) is 14.4. The van der Waals surface area contributed by atoms with Crippen molar-refractivity contribution in [2.45, 2.75) is 83.2 Å². The first kappa shape index (κ1) is 16.3. The summed E-state index contributed by atoms with van der Waals surface area (Å²) in [6, 6.07) is 1.56. The van der Waals surface area contributed by atoms with Gasteiger partial charge in [-0.15, -0.1) is 0 Å². The van der Waals surface area contributed by atoms with Gasteiger partial charge in [0.05, 0.1) is 0 Å². The van der Waals surface area contributed by atoms with Crippen molar-refractivity contribution in [2.24, 2.45) is 11.8 Å². The molecule has 0 saturated heterocycles. The minimum Gasteiger partial charge on any atom is -0.315 e. The second-order valence-electron chi connectivity index (χ2n) is 7.32. The molecule has 0 bridgehead atoms. The van der Waals surface area contributed by atoms with Gasteiger partial charge in [0.2, 0.25) is 0 Å². The molecule has 2 heteroatoms. The predicted molar refractivity (Wildman–Crippen MR) is 88.1 cm³/mol. The van der Waals surface area contributed by atoms with Gasteiger partial charge >= 0.3 is 0 Å². The minimum absolute atomic E-state index is 0.712. The van der Waals surface area contributed by atoms with Gasteiger partial charge in [-0.3, -0.25) is 0 Å². The Labute approximate surface area is 126 Å². The summed E-state index contributed by atoms with van der Waals surface area (Å²) in [7, 11) is 4.53. The number of nitrogens with one attached hydrogen (secondary N) is 1. The van der Waals surface area contributed by atoms with Crippen molar-refractivity contribution in [1.82, 2.24) is 10.2 Å². The van der Waals surface area contributed by atoms with Gasteiger partial charge in [0.15, 0.2) is 0 Å². The summed E-state index contributed by atoms with van der Waals surface area (Å²) in [6.45, 7) is 3.61. The summed E-state index contributed by atoms with van der Waals surface area (Å²) in [5.74, 6) is 1.93. The van der Waals surface area contributed by atoms with Gasteiger partial charge in [-0.1, -0.05) is 32.6 Å². The first-order chi connectivity index (χ1) is 9.74. The Hall–Kier alpha value is -0.0800. The molecule has 0 radical (unpaired) electrons. The highest BCUT2D eigenvalue weighted by atomic mass is 15.2. The molecule has 1 atom stereocenters. The predicted octanol–water partition coefficient (Wildman–Crippen LogP) is 4.06. The van der Waals surface area contributed by atoms with Gasteiger partial charge in [-0.25, -0.2) is 0 Å². The van der Waals surface area contributed by atoms with Crippen molar-refractivity contribution in [3.8, 4) is 0 Å². The minimum atomic E-state index is 0.712. The Morgan fingerprint density at radius 3 is 2.20 bits per heavy atom. The van der Waals surface area contributed by atoms with E-state index < -0.39 is 0 Å². The topological polar surface area (TPSA) is 15.3 Å². The van der Waals surface area contributed by atoms with Crippen LogP contribution >= 0.6 is 0 Å². The Kier molecular flexibility index (Phi) is 6.83. The molecule has 2 saturated carbocycles. The lowest BCUT2D eigenvalue weighted by atomic mass is 9.82. The van der Waals surface area contributed by atoms with Gasteiger partial charge in [-0.2, -0.15) is 0 Å². The molecule has 0 aromatic rings. The van der Waals surface area contributed by atoms with Crippen molar-refractivity contribution >= 4 is 0 Å². The summed E-state index contributed by atoms with van der Waals surface area (Å²) in [4.78, 5) is 2.67. The van der Waals surface area contributed by atoms with Crippen molar-refractivity contribution in [1.29, 1.82) is 0 Å². The summed E-state index contributed by atoms with van der Waals surface area (Å²) >= 11 is 0. The molecule has 1 unspecified atom stereocenters. The molecule has 1 N–H and O–H groups in total. The highest BCUT2D eigenvalue weighted by Crippen LogP contribution is 2.30. The lowest BCUT2D eigenvalue weighted by Crippen LogP contribution is -2.47. The van der Waals surface area contributed by atoms with Gasteiger partial charge in [0, 0.05) is 18.6 Å². The number of nitrogens with zero attached hydrogens (tertiary/aromatic N) is 1. The first-order valence-electron chi connectivity index (χ1n) is 9.12. The van der Waals surface area contributed by atoms with Crippen molar-refractivity contribution < 1.29 is 0 Å². The Bertz CT molecular complexity index is 252. The van der Waals surface area contributed by atoms with Crippen LogP contribution in [0, 0.1) is 11.8 Å². The molecule has 2 rings (SSSR count). The molecule has 0 heterocycles. The summed E-state index contributed by atoms with van der Waals surface area (Å²) < 4.78 is 0. The van der Waals surface area contributed by atoms with Crippen LogP contribution in [0.2, 0.25) is 0 Å². The normalized spacial score (nSPS) is 30.6. The van der Waals surface area contributed by atoms with E-state index in [1.165, 1.54) is 70.8 Å². The van der Waals surface area contributed by atoms with E-state index in [1.54, 1.807) is 0 Å². The van der Waals surface area contributed by atoms with Crippen molar-refractivity contribution in [2.75, 3.05) is 20.6 Å². The van der Waals surface area contributed by atoms with E-state index in [-0.39, 0.29) is 0 Å². The summed E-state index contributed by atoms with van der Waals surface area (Å²) in [5.41, 5.74) is 0. The molecule has 2 nitrogen and oxygen atoms in total. The molecule has 2 fully saturated rings. The molecule has 0 aromatic heterocycles. The number of likely N-dealkylation sites (N-methyl/N-ethyl adjacent to an activating group) is 2. The lowest BCUT2D eigenvalue weighted by molar-refractivity contribution is 0.131. The zero-order valence-corrected chi connectivity index (χ0v) is 14.0. The van der Waals surface area contributed by atoms with Crippen LogP contribution in [0.3, 0.4) is 0 Å². The highest BCUT2D eigenvalue weighted by molar-refractivity contribution is 4.84. The maximum atomic E-state index is 3.62. The van der Waals surface area contributed by atoms with Crippen LogP contribution in [0.1, 0.15) is 71.1 Å². The second-order valence-corrected chi connectivity index (χ2v) is 7.32. The van der Waals surface area contributed by atoms with Crippen LogP contribution in [0.5, 0.6) is 0 Å². The molecule has 0 aromatic carbocycles. The monoisotopic (exact) mass is 280 g/mol. The number of hydrogen-bond acceptors (Lipinski definition) is 2. The zero-order valence-electron chi connectivity index (χ0n) is 14.0. The van der Waals surface area contributed by atoms with E-state index in [0.717, 1.165) is 17.9 Å². The largest absolute Gasteiger partial charge is 0.315 e. The maximum Gasteiger partial charge on any atom is 0.0220 e. The number of rotatable bonds is 6. The van der Waals surface area contributed by atoms with E-state index in [1.807, 2.05) is 0 Å². The summed E-state index contributed by atoms with van der Waals surface area (Å²) in [6.07, 6.45) is 14.4. The number of hydrogen-bond donors (Lipinski definition) is 1. The third-order valence-corrected chi connectivity index (χ3v) is 6.09. The third-order valence-electron chi connectivity index (χ3n) is 6.09. The molecule has 0 aliphatic heterocycles. The molecule has 0 amide bonds. The van der Waals surface area contributed by atoms with Crippen LogP contribution in [0.15, 0.2) is 0 Å². The van der Waals surface area contributed by atoms with Crippen molar-refractivity contribution in [3.05, 3.63) is 0 Å². The fourth-order valence-corrected chi connectivity index (χ4v) is 4.47. The van der Waals surface area contributed by atoms with E-state index >= 15 is 0 Å². The molecular formula is C18H36N2. The molecule has 2 aliphatic rings. The molecule has 118 valence electrons. The smallest absolute Gasteiger partial charge is 0.0220 e. The van der Waals surface area contributed by atoms with E-state index in [4.69, 9.17) is 0 Å². The van der Waals surface area contributed by atoms with Crippen LogP contribution in [0.25, 0.3) is 0 Å². The van der Waals surface area contributed by atoms with Gasteiger partial charge in [-0.05, 0) is 64.5 Å². The Morgan fingerprint density at radius 2 is 1.65 bits per heavy atom. The Balaban J connectivity index is 1.78. The fourth-order valence-electron chi connectivity index (χ4n) is 4.47. The summed E-state index contributed by atoms with van der Waals surface area (Å²) in [5, 5.41) is 3.62. The molecular weight excluding hydrogens is 244 g/mol. The van der Waals surface area contributed by atoms with Crippen LogP contribution in [0.4, 0.5) is 0 Å². The Morgan fingerprint density at radius 1 is 1.00 bits per heavy atom. The van der Waals surface area contributed by atoms with Crippen molar-refractivity contribution in [3.63, 3.8) is 0 Å². The van der Waals surface area contributed by atoms with Gasteiger partial charge in [0.1, 0.15) is 0 Å². The quantitative estimate of drug-likeness (QED) is 0.789. The molecule has 20 heavy (non-hydrogen) atoms. The van der Waals surface area contributed by atoms with Crippen LogP contribution in [-0.2, 0) is 0 Å². The van der Waals surface area contributed by atoms with Crippen LogP contribution < -0.4 is 5.32 Å². The SMILES string of the molecule is CCC1CCC(N(C)CC(NC)C2CCCCC2)CC1. The lowest BCUT2D eigenvalue weighted by Gasteiger charge is -2.38. The van der Waals surface area contributed by atoms with Crippen LogP contribution in [-0.4, -0.2) is 37.6 Å². The van der Waals surface area contributed by atoms with E-state index in [9.17, 15) is 0 Å². The standard InChI is InChI=1S/C18H36N2/c1-4-15-10-12-17(13-11-15)20(3)14-18(19-2)16-8-6-5-7-9-16/h15-19H,4-14H2,1-3H3. The van der Waals surface area contributed by atoms with Gasteiger partial charge in [0.25, 0.3) is 0 Å². The molecule has 0 spiro atoms. The maximum absolute atomic E-state index is 3.62. The first-order valence-corrected chi connectivity index (χ1v) is 9.12. The molecule has 2 aliphatic carbocycles. The fraction of sp³-hybridized carbons (Fsp3) is 1.00. The van der Waals surface area contributed by atoms with Gasteiger partial charge < -0.3 is 10.2 Å². The van der Waals surface area contributed by atoms with E-state index in [2.05, 4.69) is 31.2 Å². The second kappa shape index (κ2) is 8.38. The highest BCUT2D eigenvalue weighted by Gasteiger charge is 2.27.